The smallest absolute Gasteiger partial charge is 0.306 e. The van der Waals surface area contributed by atoms with Gasteiger partial charge in [-0.05, 0) is 30.2 Å². The van der Waals surface area contributed by atoms with Crippen LogP contribution in [0.4, 0.5) is 5.00 Å². The molecule has 4 nitrogen and oxygen atoms in total. The molecule has 0 amide bonds. The van der Waals surface area contributed by atoms with Crippen LogP contribution in [0.25, 0.3) is 0 Å². The normalized spacial score (nSPS) is 12.3. The molecule has 6 heteroatoms. The van der Waals surface area contributed by atoms with Crippen LogP contribution in [0.3, 0.4) is 0 Å². The van der Waals surface area contributed by atoms with Crippen LogP contribution in [0.15, 0.2) is 35.7 Å². The van der Waals surface area contributed by atoms with Crippen molar-refractivity contribution >= 4 is 27.9 Å². The van der Waals surface area contributed by atoms with Crippen molar-refractivity contribution in [2.24, 2.45) is 0 Å². The number of hydrogen-bond acceptors (Lipinski definition) is 4. The third kappa shape index (κ3) is 3.76. The number of nitrogens with one attached hydrogen (secondary N) is 1. The van der Waals surface area contributed by atoms with E-state index in [1.807, 2.05) is 31.2 Å². The highest BCUT2D eigenvalue weighted by molar-refractivity contribution is 7.13. The van der Waals surface area contributed by atoms with E-state index in [0.717, 1.165) is 22.5 Å². The first-order chi connectivity index (χ1) is 9.06. The molecule has 1 unspecified atom stereocenters. The maximum absolute atomic E-state index is 10.6. The second-order valence-corrected chi connectivity index (χ2v) is 5.53. The first-order valence-electron chi connectivity index (χ1n) is 5.77. The van der Waals surface area contributed by atoms with Crippen LogP contribution in [0.1, 0.15) is 24.1 Å². The van der Waals surface area contributed by atoms with Gasteiger partial charge in [0.1, 0.15) is 0 Å². The summed E-state index contributed by atoms with van der Waals surface area (Å²) in [6.45, 7) is 2.63. The number of rotatable bonds is 5. The fraction of sp³-hybridized carbons (Fsp3) is 0.231. The van der Waals surface area contributed by atoms with E-state index < -0.39 is 0 Å². The van der Waals surface area contributed by atoms with Gasteiger partial charge in [0.25, 0.3) is 0 Å². The Morgan fingerprint density at radius 3 is 2.89 bits per heavy atom. The van der Waals surface area contributed by atoms with Gasteiger partial charge < -0.3 is 5.32 Å². The number of nitro groups is 1. The molecule has 0 saturated carbocycles. The van der Waals surface area contributed by atoms with E-state index >= 15 is 0 Å². The van der Waals surface area contributed by atoms with Gasteiger partial charge in [0.05, 0.1) is 4.92 Å². The third-order valence-corrected chi connectivity index (χ3v) is 3.95. The first kappa shape index (κ1) is 14.0. The monoisotopic (exact) mass is 296 g/mol. The topological polar surface area (TPSA) is 55.2 Å². The van der Waals surface area contributed by atoms with E-state index in [9.17, 15) is 10.1 Å². The summed E-state index contributed by atoms with van der Waals surface area (Å²) in [4.78, 5) is 10.2. The minimum atomic E-state index is -0.367. The zero-order chi connectivity index (χ0) is 13.8. The summed E-state index contributed by atoms with van der Waals surface area (Å²) in [6, 6.07) is 9.39. The molecule has 0 saturated heterocycles. The van der Waals surface area contributed by atoms with Gasteiger partial charge >= 0.3 is 5.00 Å². The van der Waals surface area contributed by atoms with E-state index in [1.54, 1.807) is 11.4 Å². The summed E-state index contributed by atoms with van der Waals surface area (Å²) in [6.07, 6.45) is 0. The zero-order valence-corrected chi connectivity index (χ0v) is 11.9. The van der Waals surface area contributed by atoms with Gasteiger partial charge in [-0.3, -0.25) is 10.1 Å². The van der Waals surface area contributed by atoms with E-state index in [1.165, 1.54) is 0 Å². The van der Waals surface area contributed by atoms with Gasteiger partial charge in [-0.1, -0.05) is 35.1 Å². The highest BCUT2D eigenvalue weighted by Gasteiger charge is 2.11. The molecule has 1 atom stereocenters. The van der Waals surface area contributed by atoms with Gasteiger partial charge in [-0.2, -0.15) is 0 Å². The number of nitrogens with zero attached hydrogens (tertiary/aromatic N) is 1. The average molecular weight is 297 g/mol. The molecular weight excluding hydrogens is 284 g/mol. The van der Waals surface area contributed by atoms with Gasteiger partial charge in [0.2, 0.25) is 0 Å². The molecule has 1 N–H and O–H groups in total. The molecule has 0 aliphatic heterocycles. The Bertz CT molecular complexity index is 586. The van der Waals surface area contributed by atoms with E-state index in [-0.39, 0.29) is 16.0 Å². The Hall–Kier alpha value is -1.43. The predicted molar refractivity (Wildman–Crippen MR) is 77.7 cm³/mol. The first-order valence-corrected chi connectivity index (χ1v) is 7.02. The lowest BCUT2D eigenvalue weighted by Crippen LogP contribution is -2.17. The molecule has 0 radical (unpaired) electrons. The Morgan fingerprint density at radius 1 is 1.47 bits per heavy atom. The quantitative estimate of drug-likeness (QED) is 0.666. The van der Waals surface area contributed by atoms with Gasteiger partial charge in [0.15, 0.2) is 0 Å². The molecule has 1 heterocycles. The summed E-state index contributed by atoms with van der Waals surface area (Å²) >= 11 is 7.09. The summed E-state index contributed by atoms with van der Waals surface area (Å²) in [5.41, 5.74) is 2.02. The number of hydrogen-bond donors (Lipinski definition) is 1. The Labute approximate surface area is 120 Å². The molecule has 2 rings (SSSR count). The van der Waals surface area contributed by atoms with Crippen LogP contribution in [0.5, 0.6) is 0 Å². The maximum atomic E-state index is 10.6. The zero-order valence-electron chi connectivity index (χ0n) is 10.3. The van der Waals surface area contributed by atoms with Crippen LogP contribution in [-0.2, 0) is 6.54 Å². The van der Waals surface area contributed by atoms with E-state index in [0.29, 0.717) is 11.6 Å². The summed E-state index contributed by atoms with van der Waals surface area (Å²) in [5.74, 6) is 0. The Kier molecular flexibility index (Phi) is 4.52. The number of benzene rings is 1. The molecule has 1 aromatic heterocycles. The summed E-state index contributed by atoms with van der Waals surface area (Å²) < 4.78 is 0. The molecular formula is C13H13ClN2O2S. The van der Waals surface area contributed by atoms with Crippen molar-refractivity contribution in [3.8, 4) is 0 Å². The van der Waals surface area contributed by atoms with Crippen molar-refractivity contribution in [1.29, 1.82) is 0 Å². The fourth-order valence-electron chi connectivity index (χ4n) is 1.72. The van der Waals surface area contributed by atoms with Gasteiger partial charge in [-0.15, -0.1) is 0 Å². The second-order valence-electron chi connectivity index (χ2n) is 4.21. The Morgan fingerprint density at radius 2 is 2.26 bits per heavy atom. The van der Waals surface area contributed by atoms with Crippen LogP contribution in [0, 0.1) is 10.1 Å². The predicted octanol–water partition coefficient (Wildman–Crippen LogP) is 4.16. The highest BCUT2D eigenvalue weighted by atomic mass is 35.5. The van der Waals surface area contributed by atoms with Crippen LogP contribution >= 0.6 is 22.9 Å². The van der Waals surface area contributed by atoms with Crippen molar-refractivity contribution in [2.75, 3.05) is 0 Å². The summed E-state index contributed by atoms with van der Waals surface area (Å²) in [7, 11) is 0. The van der Waals surface area contributed by atoms with Gasteiger partial charge in [0, 0.05) is 29.1 Å². The molecule has 0 bridgehead atoms. The minimum absolute atomic E-state index is 0.137. The summed E-state index contributed by atoms with van der Waals surface area (Å²) in [5, 5.41) is 16.6. The number of halogens is 1. The SMILES string of the molecule is CC(NCc1csc([N+](=O)[O-])c1)c1cccc(Cl)c1. The molecule has 19 heavy (non-hydrogen) atoms. The molecule has 1 aromatic carbocycles. The molecule has 0 spiro atoms. The van der Waals surface area contributed by atoms with E-state index in [2.05, 4.69) is 5.32 Å². The molecule has 0 aliphatic carbocycles. The lowest BCUT2D eigenvalue weighted by molar-refractivity contribution is -0.380. The highest BCUT2D eigenvalue weighted by Crippen LogP contribution is 2.23. The average Bonchev–Trinajstić information content (AvgIpc) is 2.85. The molecule has 0 aliphatic rings. The van der Waals surface area contributed by atoms with Crippen molar-refractivity contribution < 1.29 is 4.92 Å². The number of thiophene rings is 1. The van der Waals surface area contributed by atoms with Crippen molar-refractivity contribution in [3.05, 3.63) is 62.0 Å². The van der Waals surface area contributed by atoms with Crippen LogP contribution in [-0.4, -0.2) is 4.92 Å². The van der Waals surface area contributed by atoms with Crippen LogP contribution < -0.4 is 5.32 Å². The van der Waals surface area contributed by atoms with Crippen molar-refractivity contribution in [3.63, 3.8) is 0 Å². The third-order valence-electron chi connectivity index (χ3n) is 2.78. The van der Waals surface area contributed by atoms with E-state index in [4.69, 9.17) is 11.6 Å². The standard InChI is InChI=1S/C13H13ClN2O2S/c1-9(11-3-2-4-12(14)6-11)15-7-10-5-13(16(17)18)19-8-10/h2-6,8-9,15H,7H2,1H3. The minimum Gasteiger partial charge on any atom is -0.306 e. The van der Waals surface area contributed by atoms with Crippen molar-refractivity contribution in [2.45, 2.75) is 19.5 Å². The molecule has 2 aromatic rings. The lowest BCUT2D eigenvalue weighted by Gasteiger charge is -2.13. The Balaban J connectivity index is 1.96. The fourth-order valence-corrected chi connectivity index (χ4v) is 2.64. The van der Waals surface area contributed by atoms with Crippen LogP contribution in [0.2, 0.25) is 5.02 Å². The largest absolute Gasteiger partial charge is 0.324 e. The van der Waals surface area contributed by atoms with Gasteiger partial charge in [-0.25, -0.2) is 0 Å². The van der Waals surface area contributed by atoms with Crippen molar-refractivity contribution in [1.82, 2.24) is 5.32 Å². The second kappa shape index (κ2) is 6.14. The molecule has 0 fully saturated rings. The lowest BCUT2D eigenvalue weighted by atomic mass is 10.1. The maximum Gasteiger partial charge on any atom is 0.324 e. The molecule has 100 valence electrons.